The average Bonchev–Trinajstić information content (AvgIpc) is 1.66. The van der Waals surface area contributed by atoms with Crippen molar-refractivity contribution in [2.75, 3.05) is 0 Å². The standard InChI is InChI=1S/2NO3.Nd.H2O/c2*2-1(3)4;;/h;;;1H2/q2*-1;+3;/p-1. The van der Waals surface area contributed by atoms with E-state index >= 15 is 0 Å². The van der Waals surface area contributed by atoms with Gasteiger partial charge < -0.3 is 30.6 Å². The maximum absolute atomic E-state index is 8.25. The number of nitrogens with zero attached hydrogens (tertiary/aromatic N) is 2. The Balaban J connectivity index is -0.0000000787. The third-order valence-electron chi connectivity index (χ3n) is 0. The minimum absolute atomic E-state index is 0.306. The second-order valence-corrected chi connectivity index (χ2v) is 0.447. The van der Waals surface area contributed by atoms with Gasteiger partial charge in [-0.25, -0.2) is 0 Å². The molecule has 0 heterocycles. The molecule has 0 saturated carbocycles. The van der Waals surface area contributed by atoms with E-state index in [1.165, 1.54) is 0 Å². The molecular weight excluding hydrogens is 284 g/mol. The van der Waals surface area contributed by atoms with Crippen LogP contribution in [-0.2, 0) is 0 Å². The SMILES string of the molecule is O=[N+]([O-])[O-].O=[N+]([O-])[O-].[OH][Nd+2]. The molecule has 0 atom stereocenters. The molecule has 0 aromatic carbocycles. The van der Waals surface area contributed by atoms with Gasteiger partial charge in [0.15, 0.2) is 0 Å². The van der Waals surface area contributed by atoms with Crippen LogP contribution in [0.5, 0.6) is 0 Å². The second kappa shape index (κ2) is 15.9. The van der Waals surface area contributed by atoms with Gasteiger partial charge in [-0.3, -0.25) is 0 Å². The van der Waals surface area contributed by atoms with E-state index in [2.05, 4.69) is 0 Å². The summed E-state index contributed by atoms with van der Waals surface area (Å²) in [6, 6.07) is 0. The van der Waals surface area contributed by atoms with Crippen LogP contribution in [-0.4, -0.2) is 11.6 Å². The third-order valence-corrected chi connectivity index (χ3v) is 0. The summed E-state index contributed by atoms with van der Waals surface area (Å²) in [5.41, 5.74) is 0. The molecule has 10 heteroatoms. The van der Waals surface area contributed by atoms with E-state index in [4.69, 9.17) is 32.1 Å². The van der Waals surface area contributed by atoms with Gasteiger partial charge in [0.25, 0.3) is 0 Å². The zero-order valence-corrected chi connectivity index (χ0v) is 7.50. The molecule has 0 saturated heterocycles. The summed E-state index contributed by atoms with van der Waals surface area (Å²) >= 11 is 0.306. The van der Waals surface area contributed by atoms with E-state index in [0.29, 0.717) is 39.4 Å². The van der Waals surface area contributed by atoms with Crippen molar-refractivity contribution < 1.29 is 51.0 Å². The molecule has 57 valence electrons. The van der Waals surface area contributed by atoms with Crippen molar-refractivity contribution in [3.8, 4) is 0 Å². The molecule has 0 bridgehead atoms. The predicted molar refractivity (Wildman–Crippen MR) is 22.9 cm³/mol. The molecule has 0 amide bonds. The van der Waals surface area contributed by atoms with E-state index in [9.17, 15) is 0 Å². The summed E-state index contributed by atoms with van der Waals surface area (Å²) in [6.07, 6.45) is 0. The minimum atomic E-state index is -1.75. The summed E-state index contributed by atoms with van der Waals surface area (Å²) in [6.45, 7) is 0. The van der Waals surface area contributed by atoms with Gasteiger partial charge in [0.05, 0.1) is 10.2 Å². The molecule has 0 aliphatic carbocycles. The van der Waals surface area contributed by atoms with Crippen molar-refractivity contribution in [2.45, 2.75) is 0 Å². The van der Waals surface area contributed by atoms with Crippen molar-refractivity contribution in [3.63, 3.8) is 0 Å². The molecule has 0 unspecified atom stereocenters. The van der Waals surface area contributed by atoms with Gasteiger partial charge in [-0.15, -0.1) is 0 Å². The zero-order chi connectivity index (χ0) is 9.15. The Bertz CT molecular complexity index is 69.6. The van der Waals surface area contributed by atoms with Crippen LogP contribution < -0.4 is 0 Å². The third kappa shape index (κ3) is 4150. The molecule has 0 fully saturated rings. The molecule has 0 rings (SSSR count). The monoisotopic (exact) mass is 283 g/mol. The molecule has 0 aromatic rings. The van der Waals surface area contributed by atoms with Crippen molar-refractivity contribution in [3.05, 3.63) is 30.6 Å². The second-order valence-electron chi connectivity index (χ2n) is 0.447. The number of rotatable bonds is 0. The van der Waals surface area contributed by atoms with E-state index in [1.54, 1.807) is 0 Å². The van der Waals surface area contributed by atoms with Crippen LogP contribution in [0.1, 0.15) is 0 Å². The fourth-order valence-corrected chi connectivity index (χ4v) is 0. The van der Waals surface area contributed by atoms with Gasteiger partial charge in [0, 0.05) is 0 Å². The van der Waals surface area contributed by atoms with E-state index in [0.717, 1.165) is 0 Å². The first-order valence-corrected chi connectivity index (χ1v) is 2.75. The van der Waals surface area contributed by atoms with Gasteiger partial charge in [0.2, 0.25) is 0 Å². The zero-order valence-electron chi connectivity index (χ0n) is 4.29. The Kier molecular flexibility index (Phi) is 26.0. The van der Waals surface area contributed by atoms with Crippen LogP contribution in [0.4, 0.5) is 0 Å². The normalized spacial score (nSPS) is 5.50. The van der Waals surface area contributed by atoms with Crippen LogP contribution >= 0.6 is 0 Å². The van der Waals surface area contributed by atoms with Crippen LogP contribution in [0, 0.1) is 70.0 Å². The van der Waals surface area contributed by atoms with Gasteiger partial charge >= 0.3 is 40.8 Å². The van der Waals surface area contributed by atoms with Gasteiger partial charge in [-0.2, -0.15) is 0 Å². The molecule has 0 spiro atoms. The molecule has 0 radical (unpaired) electrons. The van der Waals surface area contributed by atoms with Crippen LogP contribution in [0.25, 0.3) is 0 Å². The van der Waals surface area contributed by atoms with E-state index in [-0.39, 0.29) is 0 Å². The summed E-state index contributed by atoms with van der Waals surface area (Å²) in [4.78, 5) is 16.5. The van der Waals surface area contributed by atoms with Gasteiger partial charge in [0.1, 0.15) is 0 Å². The molecular formula is HN2NdO7. The maximum atomic E-state index is 8.25. The summed E-state index contributed by atoms with van der Waals surface area (Å²) < 4.78 is 7.14. The van der Waals surface area contributed by atoms with Gasteiger partial charge in [-0.1, -0.05) is 0 Å². The Morgan fingerprint density at radius 2 is 0.900 bits per heavy atom. The van der Waals surface area contributed by atoms with E-state index < -0.39 is 10.2 Å². The topological polar surface area (TPSA) is 153 Å². The Hall–Kier alpha value is -0.289. The van der Waals surface area contributed by atoms with Crippen molar-refractivity contribution >= 4 is 0 Å². The molecule has 1 N–H and O–H groups in total. The quantitative estimate of drug-likeness (QED) is 0.440. The van der Waals surface area contributed by atoms with Crippen LogP contribution in [0.15, 0.2) is 0 Å². The Morgan fingerprint density at radius 3 is 0.900 bits per heavy atom. The first kappa shape index (κ1) is 16.4. The molecule has 0 aliphatic heterocycles. The summed E-state index contributed by atoms with van der Waals surface area (Å²) in [5, 5.41) is 29.5. The fraction of sp³-hybridized carbons (Fsp3) is 0. The Morgan fingerprint density at radius 1 is 0.900 bits per heavy atom. The van der Waals surface area contributed by atoms with E-state index in [1.807, 2.05) is 0 Å². The Labute approximate surface area is 81.2 Å². The average molecular weight is 285 g/mol. The number of hydrogen-bond donors (Lipinski definition) is 1. The first-order chi connectivity index (χ1) is 4.46. The van der Waals surface area contributed by atoms with Crippen molar-refractivity contribution in [2.24, 2.45) is 0 Å². The number of hydrogen-bond acceptors (Lipinski definition) is 7. The first-order valence-electron chi connectivity index (χ1n) is 1.32. The van der Waals surface area contributed by atoms with Crippen LogP contribution in [0.2, 0.25) is 0 Å². The molecule has 0 aromatic heterocycles. The molecule has 9 nitrogen and oxygen atoms in total. The van der Waals surface area contributed by atoms with Crippen molar-refractivity contribution in [1.82, 2.24) is 0 Å². The van der Waals surface area contributed by atoms with Crippen LogP contribution in [0.3, 0.4) is 0 Å². The summed E-state index contributed by atoms with van der Waals surface area (Å²) in [7, 11) is 0. The predicted octanol–water partition coefficient (Wildman–Crippen LogP) is -1.04. The fourth-order valence-electron chi connectivity index (χ4n) is 0. The summed E-state index contributed by atoms with van der Waals surface area (Å²) in [5.74, 6) is 0. The van der Waals surface area contributed by atoms with Crippen molar-refractivity contribution in [1.29, 1.82) is 0 Å². The molecule has 10 heavy (non-hydrogen) atoms. The van der Waals surface area contributed by atoms with Gasteiger partial charge in [-0.05, 0) is 0 Å². The molecule has 0 aliphatic rings.